The van der Waals surface area contributed by atoms with Gasteiger partial charge in [-0.3, -0.25) is 9.59 Å². The number of benzene rings is 1. The van der Waals surface area contributed by atoms with E-state index in [1.54, 1.807) is 12.3 Å². The SMILES string of the molecule is CCn1ccnc1C1CCCN(C(=O)CCNC(=O)c2ccccc2F)C1. The first-order chi connectivity index (χ1) is 13.1. The van der Waals surface area contributed by atoms with Crippen LogP contribution >= 0.6 is 0 Å². The van der Waals surface area contributed by atoms with E-state index >= 15 is 0 Å². The molecule has 2 heterocycles. The molecule has 1 aliphatic rings. The first kappa shape index (κ1) is 19.1. The Morgan fingerprint density at radius 3 is 2.93 bits per heavy atom. The molecule has 0 saturated carbocycles. The average molecular weight is 372 g/mol. The van der Waals surface area contributed by atoms with Crippen LogP contribution in [0.2, 0.25) is 0 Å². The summed E-state index contributed by atoms with van der Waals surface area (Å²) in [5.74, 6) is 0.214. The number of rotatable bonds is 6. The number of nitrogens with zero attached hydrogens (tertiary/aromatic N) is 3. The van der Waals surface area contributed by atoms with Crippen molar-refractivity contribution in [3.63, 3.8) is 0 Å². The minimum atomic E-state index is -0.563. The predicted molar refractivity (Wildman–Crippen MR) is 99.8 cm³/mol. The highest BCUT2D eigenvalue weighted by atomic mass is 19.1. The molecule has 0 radical (unpaired) electrons. The lowest BCUT2D eigenvalue weighted by molar-refractivity contribution is -0.132. The zero-order valence-corrected chi connectivity index (χ0v) is 15.5. The molecule has 1 saturated heterocycles. The third kappa shape index (κ3) is 4.53. The van der Waals surface area contributed by atoms with Crippen LogP contribution in [0.3, 0.4) is 0 Å². The minimum Gasteiger partial charge on any atom is -0.351 e. The van der Waals surface area contributed by atoms with E-state index < -0.39 is 11.7 Å². The first-order valence-electron chi connectivity index (χ1n) is 9.41. The molecule has 1 N–H and O–H groups in total. The summed E-state index contributed by atoms with van der Waals surface area (Å²) in [5, 5.41) is 2.62. The van der Waals surface area contributed by atoms with E-state index in [-0.39, 0.29) is 30.4 Å². The Morgan fingerprint density at radius 2 is 2.15 bits per heavy atom. The van der Waals surface area contributed by atoms with Crippen LogP contribution in [0, 0.1) is 5.82 Å². The van der Waals surface area contributed by atoms with Gasteiger partial charge in [0.05, 0.1) is 5.56 Å². The number of piperidine rings is 1. The van der Waals surface area contributed by atoms with Crippen LogP contribution in [0.4, 0.5) is 4.39 Å². The number of halogens is 1. The highest BCUT2D eigenvalue weighted by molar-refractivity contribution is 5.94. The fourth-order valence-electron chi connectivity index (χ4n) is 3.54. The van der Waals surface area contributed by atoms with Crippen molar-refractivity contribution in [3.05, 3.63) is 53.9 Å². The van der Waals surface area contributed by atoms with Gasteiger partial charge in [-0.15, -0.1) is 0 Å². The summed E-state index contributed by atoms with van der Waals surface area (Å²) in [5.41, 5.74) is -0.00520. The van der Waals surface area contributed by atoms with E-state index in [4.69, 9.17) is 0 Å². The van der Waals surface area contributed by atoms with Gasteiger partial charge >= 0.3 is 0 Å². The number of nitrogens with one attached hydrogen (secondary N) is 1. The molecule has 0 spiro atoms. The molecule has 27 heavy (non-hydrogen) atoms. The van der Waals surface area contributed by atoms with Gasteiger partial charge in [0.2, 0.25) is 5.91 Å². The summed E-state index contributed by atoms with van der Waals surface area (Å²) in [6, 6.07) is 5.81. The van der Waals surface area contributed by atoms with Crippen molar-refractivity contribution in [2.45, 2.75) is 38.6 Å². The summed E-state index contributed by atoms with van der Waals surface area (Å²) >= 11 is 0. The summed E-state index contributed by atoms with van der Waals surface area (Å²) < 4.78 is 15.7. The lowest BCUT2D eigenvalue weighted by atomic mass is 9.97. The monoisotopic (exact) mass is 372 g/mol. The molecule has 1 unspecified atom stereocenters. The van der Waals surface area contributed by atoms with Gasteiger partial charge in [0.15, 0.2) is 0 Å². The predicted octanol–water partition coefficient (Wildman–Crippen LogP) is 2.57. The largest absolute Gasteiger partial charge is 0.351 e. The van der Waals surface area contributed by atoms with Gasteiger partial charge in [-0.1, -0.05) is 12.1 Å². The number of imidazole rings is 1. The van der Waals surface area contributed by atoms with Gasteiger partial charge in [-0.25, -0.2) is 9.37 Å². The van der Waals surface area contributed by atoms with Crippen LogP contribution in [0.5, 0.6) is 0 Å². The van der Waals surface area contributed by atoms with Crippen molar-refractivity contribution in [3.8, 4) is 0 Å². The number of hydrogen-bond acceptors (Lipinski definition) is 3. The summed E-state index contributed by atoms with van der Waals surface area (Å²) in [7, 11) is 0. The number of carbonyl (C=O) groups is 2. The van der Waals surface area contributed by atoms with Crippen molar-refractivity contribution >= 4 is 11.8 Å². The standard InChI is InChI=1S/C20H25FN4O2/c1-2-24-13-11-22-19(24)15-6-5-12-25(14-15)18(26)9-10-23-20(27)16-7-3-4-8-17(16)21/h3-4,7-8,11,13,15H,2,5-6,9-10,12,14H2,1H3,(H,23,27). The van der Waals surface area contributed by atoms with E-state index in [1.807, 2.05) is 11.1 Å². The number of amides is 2. The van der Waals surface area contributed by atoms with Crippen molar-refractivity contribution < 1.29 is 14.0 Å². The molecule has 3 rings (SSSR count). The molecule has 6 nitrogen and oxygen atoms in total. The minimum absolute atomic E-state index is 0.00291. The summed E-state index contributed by atoms with van der Waals surface area (Å²) in [6.07, 6.45) is 5.93. The third-order valence-electron chi connectivity index (χ3n) is 4.97. The Morgan fingerprint density at radius 1 is 1.33 bits per heavy atom. The van der Waals surface area contributed by atoms with Crippen LogP contribution in [-0.4, -0.2) is 45.9 Å². The van der Waals surface area contributed by atoms with Gasteiger partial charge in [-0.2, -0.15) is 0 Å². The Hall–Kier alpha value is -2.70. The normalized spacial score (nSPS) is 17.0. The molecule has 1 aromatic carbocycles. The van der Waals surface area contributed by atoms with Gasteiger partial charge in [-0.05, 0) is 31.9 Å². The fraction of sp³-hybridized carbons (Fsp3) is 0.450. The second-order valence-electron chi connectivity index (χ2n) is 6.74. The first-order valence-corrected chi connectivity index (χ1v) is 9.41. The number of aryl methyl sites for hydroxylation is 1. The molecule has 1 atom stereocenters. The van der Waals surface area contributed by atoms with Crippen LogP contribution in [0.15, 0.2) is 36.7 Å². The van der Waals surface area contributed by atoms with Gasteiger partial charge in [0.25, 0.3) is 5.91 Å². The maximum Gasteiger partial charge on any atom is 0.254 e. The summed E-state index contributed by atoms with van der Waals surface area (Å²) in [6.45, 7) is 4.51. The highest BCUT2D eigenvalue weighted by Gasteiger charge is 2.27. The molecule has 144 valence electrons. The molecule has 2 amide bonds. The lowest BCUT2D eigenvalue weighted by Crippen LogP contribution is -2.41. The number of carbonyl (C=O) groups excluding carboxylic acids is 2. The zero-order valence-electron chi connectivity index (χ0n) is 15.5. The second-order valence-corrected chi connectivity index (χ2v) is 6.74. The number of aromatic nitrogens is 2. The van der Waals surface area contributed by atoms with Crippen LogP contribution in [0.1, 0.15) is 48.3 Å². The molecule has 1 aromatic heterocycles. The van der Waals surface area contributed by atoms with Gasteiger partial charge in [0.1, 0.15) is 11.6 Å². The number of hydrogen-bond donors (Lipinski definition) is 1. The summed E-state index contributed by atoms with van der Waals surface area (Å²) in [4.78, 5) is 30.8. The molecular formula is C20H25FN4O2. The topological polar surface area (TPSA) is 67.2 Å². The van der Waals surface area contributed by atoms with Crippen molar-refractivity contribution in [2.75, 3.05) is 19.6 Å². The van der Waals surface area contributed by atoms with Crippen molar-refractivity contribution in [1.29, 1.82) is 0 Å². The third-order valence-corrected chi connectivity index (χ3v) is 4.97. The van der Waals surface area contributed by atoms with Crippen LogP contribution in [-0.2, 0) is 11.3 Å². The fourth-order valence-corrected chi connectivity index (χ4v) is 3.54. The van der Waals surface area contributed by atoms with Crippen molar-refractivity contribution in [2.24, 2.45) is 0 Å². The van der Waals surface area contributed by atoms with Gasteiger partial charge in [0, 0.05) is 50.9 Å². The Bertz CT molecular complexity index is 805. The Kier molecular flexibility index (Phi) is 6.21. The van der Waals surface area contributed by atoms with Gasteiger partial charge < -0.3 is 14.8 Å². The Labute approximate surface area is 158 Å². The highest BCUT2D eigenvalue weighted by Crippen LogP contribution is 2.26. The lowest BCUT2D eigenvalue weighted by Gasteiger charge is -2.32. The maximum atomic E-state index is 13.6. The molecule has 2 aromatic rings. The van der Waals surface area contributed by atoms with E-state index in [1.165, 1.54) is 18.2 Å². The molecule has 7 heteroatoms. The Balaban J connectivity index is 1.51. The van der Waals surface area contributed by atoms with Crippen molar-refractivity contribution in [1.82, 2.24) is 19.8 Å². The second kappa shape index (κ2) is 8.79. The molecule has 1 aliphatic heterocycles. The molecule has 0 aliphatic carbocycles. The van der Waals surface area contributed by atoms with E-state index in [0.717, 1.165) is 31.8 Å². The molecule has 1 fully saturated rings. The average Bonchev–Trinajstić information content (AvgIpc) is 3.17. The quantitative estimate of drug-likeness (QED) is 0.847. The van der Waals surface area contributed by atoms with E-state index in [2.05, 4.69) is 21.8 Å². The van der Waals surface area contributed by atoms with E-state index in [0.29, 0.717) is 6.54 Å². The number of likely N-dealkylation sites (tertiary alicyclic amines) is 1. The molecular weight excluding hydrogens is 347 g/mol. The zero-order chi connectivity index (χ0) is 19.2. The van der Waals surface area contributed by atoms with Crippen LogP contribution in [0.25, 0.3) is 0 Å². The maximum absolute atomic E-state index is 13.6. The molecule has 0 bridgehead atoms. The van der Waals surface area contributed by atoms with Crippen LogP contribution < -0.4 is 5.32 Å². The van der Waals surface area contributed by atoms with E-state index in [9.17, 15) is 14.0 Å². The smallest absolute Gasteiger partial charge is 0.254 e.